The second kappa shape index (κ2) is 4.02. The SMILES string of the molecule is O=c1[nH]ccnc1NCC1(CCO)CC1. The van der Waals surface area contributed by atoms with Gasteiger partial charge in [-0.1, -0.05) is 0 Å². The minimum Gasteiger partial charge on any atom is -0.396 e. The summed E-state index contributed by atoms with van der Waals surface area (Å²) in [5, 5.41) is 11.9. The van der Waals surface area contributed by atoms with E-state index in [4.69, 9.17) is 5.11 Å². The summed E-state index contributed by atoms with van der Waals surface area (Å²) in [6, 6.07) is 0. The first-order valence-corrected chi connectivity index (χ1v) is 5.14. The number of hydrogen-bond acceptors (Lipinski definition) is 4. The molecule has 0 bridgehead atoms. The summed E-state index contributed by atoms with van der Waals surface area (Å²) in [5.41, 5.74) is -0.00378. The van der Waals surface area contributed by atoms with Crippen LogP contribution >= 0.6 is 0 Å². The maximum Gasteiger partial charge on any atom is 0.290 e. The van der Waals surface area contributed by atoms with Crippen molar-refractivity contribution in [1.29, 1.82) is 0 Å². The molecule has 1 heterocycles. The highest BCUT2D eigenvalue weighted by molar-refractivity contribution is 5.31. The number of aliphatic hydroxyl groups excluding tert-OH is 1. The van der Waals surface area contributed by atoms with Crippen LogP contribution in [0.3, 0.4) is 0 Å². The van der Waals surface area contributed by atoms with E-state index in [0.717, 1.165) is 19.3 Å². The molecule has 1 saturated carbocycles. The normalized spacial score (nSPS) is 17.4. The molecule has 0 aliphatic heterocycles. The van der Waals surface area contributed by atoms with Crippen LogP contribution in [0.15, 0.2) is 17.2 Å². The largest absolute Gasteiger partial charge is 0.396 e. The van der Waals surface area contributed by atoms with Crippen LogP contribution in [0, 0.1) is 5.41 Å². The minimum atomic E-state index is -0.197. The lowest BCUT2D eigenvalue weighted by atomic mass is 10.0. The van der Waals surface area contributed by atoms with Crippen LogP contribution < -0.4 is 10.9 Å². The number of nitrogens with one attached hydrogen (secondary N) is 2. The van der Waals surface area contributed by atoms with E-state index in [1.54, 1.807) is 6.20 Å². The minimum absolute atomic E-state index is 0.193. The van der Waals surface area contributed by atoms with Crippen molar-refractivity contribution >= 4 is 5.82 Å². The van der Waals surface area contributed by atoms with E-state index in [2.05, 4.69) is 15.3 Å². The number of hydrogen-bond donors (Lipinski definition) is 3. The van der Waals surface area contributed by atoms with Crippen molar-refractivity contribution in [3.8, 4) is 0 Å². The molecule has 1 aromatic heterocycles. The van der Waals surface area contributed by atoms with Gasteiger partial charge in [0.2, 0.25) is 0 Å². The molecule has 3 N–H and O–H groups in total. The van der Waals surface area contributed by atoms with E-state index in [1.165, 1.54) is 6.20 Å². The number of aromatic nitrogens is 2. The number of anilines is 1. The Kier molecular flexibility index (Phi) is 2.73. The van der Waals surface area contributed by atoms with Gasteiger partial charge in [0, 0.05) is 25.5 Å². The Morgan fingerprint density at radius 1 is 1.60 bits per heavy atom. The number of H-pyrrole nitrogens is 1. The van der Waals surface area contributed by atoms with Crippen LogP contribution in [-0.4, -0.2) is 28.2 Å². The molecular formula is C10H15N3O2. The first-order chi connectivity index (χ1) is 7.26. The zero-order valence-corrected chi connectivity index (χ0v) is 8.49. The molecule has 5 nitrogen and oxygen atoms in total. The molecule has 0 saturated heterocycles. The second-order valence-corrected chi connectivity index (χ2v) is 4.09. The average Bonchev–Trinajstić information content (AvgIpc) is 2.98. The summed E-state index contributed by atoms with van der Waals surface area (Å²) in [4.78, 5) is 17.8. The Morgan fingerprint density at radius 3 is 3.00 bits per heavy atom. The quantitative estimate of drug-likeness (QED) is 0.653. The van der Waals surface area contributed by atoms with Crippen molar-refractivity contribution in [2.75, 3.05) is 18.5 Å². The van der Waals surface area contributed by atoms with Crippen molar-refractivity contribution in [3.05, 3.63) is 22.7 Å². The van der Waals surface area contributed by atoms with Crippen molar-refractivity contribution in [2.45, 2.75) is 19.3 Å². The lowest BCUT2D eigenvalue weighted by Crippen LogP contribution is -2.22. The maximum absolute atomic E-state index is 11.3. The molecule has 0 aromatic carbocycles. The Balaban J connectivity index is 1.94. The zero-order valence-electron chi connectivity index (χ0n) is 8.49. The Labute approximate surface area is 87.6 Å². The van der Waals surface area contributed by atoms with Crippen LogP contribution in [0.2, 0.25) is 0 Å². The first-order valence-electron chi connectivity index (χ1n) is 5.14. The Hall–Kier alpha value is -1.36. The standard InChI is InChI=1S/C10H15N3O2/c14-6-3-10(1-2-10)7-13-8-9(15)12-5-4-11-8/h4-5,14H,1-3,6-7H2,(H,11,13)(H,12,15). The van der Waals surface area contributed by atoms with Gasteiger partial charge in [-0.25, -0.2) is 4.98 Å². The van der Waals surface area contributed by atoms with Gasteiger partial charge in [0.1, 0.15) is 0 Å². The van der Waals surface area contributed by atoms with Gasteiger partial charge >= 0.3 is 0 Å². The van der Waals surface area contributed by atoms with Crippen molar-refractivity contribution in [3.63, 3.8) is 0 Å². The monoisotopic (exact) mass is 209 g/mol. The molecule has 1 fully saturated rings. The molecule has 0 atom stereocenters. The molecule has 1 aliphatic rings. The van der Waals surface area contributed by atoms with E-state index >= 15 is 0 Å². The number of aliphatic hydroxyl groups is 1. The third-order valence-electron chi connectivity index (χ3n) is 2.94. The van der Waals surface area contributed by atoms with Crippen LogP contribution in [0.4, 0.5) is 5.82 Å². The van der Waals surface area contributed by atoms with Crippen molar-refractivity contribution < 1.29 is 5.11 Å². The molecule has 15 heavy (non-hydrogen) atoms. The highest BCUT2D eigenvalue weighted by Gasteiger charge is 2.41. The number of nitrogens with zero attached hydrogens (tertiary/aromatic N) is 1. The molecule has 5 heteroatoms. The first kappa shape index (κ1) is 10.2. The molecule has 0 unspecified atom stereocenters. The second-order valence-electron chi connectivity index (χ2n) is 4.09. The fourth-order valence-corrected chi connectivity index (χ4v) is 1.68. The van der Waals surface area contributed by atoms with E-state index in [9.17, 15) is 4.79 Å². The summed E-state index contributed by atoms with van der Waals surface area (Å²) < 4.78 is 0. The van der Waals surface area contributed by atoms with Crippen LogP contribution in [0.1, 0.15) is 19.3 Å². The predicted octanol–water partition coefficient (Wildman–Crippen LogP) is 0.344. The topological polar surface area (TPSA) is 78.0 Å². The lowest BCUT2D eigenvalue weighted by molar-refractivity contribution is 0.253. The molecule has 2 rings (SSSR count). The van der Waals surface area contributed by atoms with Gasteiger partial charge in [-0.15, -0.1) is 0 Å². The summed E-state index contributed by atoms with van der Waals surface area (Å²) in [5.74, 6) is 0.363. The molecule has 1 aromatic rings. The van der Waals surface area contributed by atoms with E-state index in [1.807, 2.05) is 0 Å². The van der Waals surface area contributed by atoms with Gasteiger partial charge in [0.15, 0.2) is 5.82 Å². The molecule has 1 aliphatic carbocycles. The smallest absolute Gasteiger partial charge is 0.290 e. The highest BCUT2D eigenvalue weighted by Crippen LogP contribution is 2.48. The predicted molar refractivity (Wildman–Crippen MR) is 56.7 cm³/mol. The fourth-order valence-electron chi connectivity index (χ4n) is 1.68. The highest BCUT2D eigenvalue weighted by atomic mass is 16.3. The molecular weight excluding hydrogens is 194 g/mol. The van der Waals surface area contributed by atoms with Crippen LogP contribution in [0.25, 0.3) is 0 Å². The van der Waals surface area contributed by atoms with Crippen LogP contribution in [0.5, 0.6) is 0 Å². The van der Waals surface area contributed by atoms with Gasteiger partial charge in [-0.2, -0.15) is 0 Å². The van der Waals surface area contributed by atoms with E-state index < -0.39 is 0 Å². The van der Waals surface area contributed by atoms with Gasteiger partial charge in [-0.05, 0) is 24.7 Å². The van der Waals surface area contributed by atoms with Gasteiger partial charge in [0.25, 0.3) is 5.56 Å². The molecule has 82 valence electrons. The fraction of sp³-hybridized carbons (Fsp3) is 0.600. The molecule has 0 spiro atoms. The van der Waals surface area contributed by atoms with Crippen molar-refractivity contribution in [2.24, 2.45) is 5.41 Å². The van der Waals surface area contributed by atoms with Crippen molar-refractivity contribution in [1.82, 2.24) is 9.97 Å². The summed E-state index contributed by atoms with van der Waals surface area (Å²) in [6.07, 6.45) is 6.09. The lowest BCUT2D eigenvalue weighted by Gasteiger charge is -2.13. The zero-order chi connectivity index (χ0) is 10.7. The van der Waals surface area contributed by atoms with Gasteiger partial charge < -0.3 is 15.4 Å². The third kappa shape index (κ3) is 2.36. The average molecular weight is 209 g/mol. The van der Waals surface area contributed by atoms with Crippen LogP contribution in [-0.2, 0) is 0 Å². The number of aromatic amines is 1. The third-order valence-corrected chi connectivity index (χ3v) is 2.94. The molecule has 0 amide bonds. The van der Waals surface area contributed by atoms with E-state index in [0.29, 0.717) is 12.4 Å². The van der Waals surface area contributed by atoms with E-state index in [-0.39, 0.29) is 17.6 Å². The maximum atomic E-state index is 11.3. The summed E-state index contributed by atoms with van der Waals surface area (Å²) >= 11 is 0. The van der Waals surface area contributed by atoms with Gasteiger partial charge in [0.05, 0.1) is 0 Å². The Bertz CT molecular complexity index is 384. The number of rotatable bonds is 5. The van der Waals surface area contributed by atoms with Gasteiger partial charge in [-0.3, -0.25) is 4.79 Å². The molecule has 0 radical (unpaired) electrons. The summed E-state index contributed by atoms with van der Waals surface area (Å²) in [6.45, 7) is 0.925. The Morgan fingerprint density at radius 2 is 2.40 bits per heavy atom. The summed E-state index contributed by atoms with van der Waals surface area (Å²) in [7, 11) is 0.